The van der Waals surface area contributed by atoms with Crippen LogP contribution < -0.4 is 20.1 Å². The molecule has 1 saturated carbocycles. The highest BCUT2D eigenvalue weighted by Crippen LogP contribution is 2.26. The maximum atomic E-state index is 11.2. The van der Waals surface area contributed by atoms with Gasteiger partial charge < -0.3 is 20.1 Å². The number of amides is 1. The molecule has 0 aliphatic heterocycles. The van der Waals surface area contributed by atoms with Gasteiger partial charge in [0.05, 0.1) is 7.11 Å². The lowest BCUT2D eigenvalue weighted by Gasteiger charge is -2.13. The maximum absolute atomic E-state index is 11.2. The number of benzene rings is 1. The largest absolute Gasteiger partial charge is 0.497 e. The topological polar surface area (TPSA) is 59.6 Å². The van der Waals surface area contributed by atoms with Gasteiger partial charge in [0.25, 0.3) is 5.91 Å². The van der Waals surface area contributed by atoms with E-state index in [1.54, 1.807) is 14.2 Å². The molecule has 0 radical (unpaired) electrons. The molecule has 0 bridgehead atoms. The van der Waals surface area contributed by atoms with Gasteiger partial charge in [0, 0.05) is 31.3 Å². The van der Waals surface area contributed by atoms with Crippen LogP contribution >= 0.6 is 0 Å². The van der Waals surface area contributed by atoms with Crippen molar-refractivity contribution in [1.82, 2.24) is 10.6 Å². The first-order valence-corrected chi connectivity index (χ1v) is 6.46. The fraction of sp³-hybridized carbons (Fsp3) is 0.500. The number of nitrogens with one attached hydrogen (secondary N) is 2. The van der Waals surface area contributed by atoms with Crippen LogP contribution in [0, 0.1) is 0 Å². The van der Waals surface area contributed by atoms with Crippen molar-refractivity contribution in [2.24, 2.45) is 0 Å². The fourth-order valence-corrected chi connectivity index (χ4v) is 1.70. The molecule has 0 aromatic heterocycles. The average Bonchev–Trinajstić information content (AvgIpc) is 3.26. The van der Waals surface area contributed by atoms with Gasteiger partial charge in [-0.3, -0.25) is 4.79 Å². The standard InChI is InChI=1S/C14H20N2O3/c1-15-14(17)9-19-13-7-12(18-2)6-3-10(13)8-16-11-4-5-11/h3,6-7,11,16H,4-5,8-9H2,1-2H3,(H,15,17). The van der Waals surface area contributed by atoms with E-state index in [0.29, 0.717) is 11.8 Å². The van der Waals surface area contributed by atoms with E-state index >= 15 is 0 Å². The summed E-state index contributed by atoms with van der Waals surface area (Å²) >= 11 is 0. The fourth-order valence-electron chi connectivity index (χ4n) is 1.70. The van der Waals surface area contributed by atoms with Crippen molar-refractivity contribution in [1.29, 1.82) is 0 Å². The minimum atomic E-state index is -0.149. The highest BCUT2D eigenvalue weighted by Gasteiger charge is 2.20. The van der Waals surface area contributed by atoms with E-state index in [-0.39, 0.29) is 12.5 Å². The molecule has 104 valence electrons. The van der Waals surface area contributed by atoms with Crippen LogP contribution in [0.1, 0.15) is 18.4 Å². The second-order valence-electron chi connectivity index (χ2n) is 4.59. The zero-order valence-electron chi connectivity index (χ0n) is 11.4. The number of methoxy groups -OCH3 is 1. The Balaban J connectivity index is 2.03. The van der Waals surface area contributed by atoms with Crippen LogP contribution in [0.2, 0.25) is 0 Å². The Hall–Kier alpha value is -1.75. The van der Waals surface area contributed by atoms with E-state index in [1.807, 2.05) is 18.2 Å². The van der Waals surface area contributed by atoms with Gasteiger partial charge >= 0.3 is 0 Å². The summed E-state index contributed by atoms with van der Waals surface area (Å²) < 4.78 is 10.7. The maximum Gasteiger partial charge on any atom is 0.257 e. The molecule has 19 heavy (non-hydrogen) atoms. The second-order valence-corrected chi connectivity index (χ2v) is 4.59. The third-order valence-electron chi connectivity index (χ3n) is 3.07. The third-order valence-corrected chi connectivity index (χ3v) is 3.07. The van der Waals surface area contributed by atoms with E-state index in [0.717, 1.165) is 17.9 Å². The number of carbonyl (C=O) groups excluding carboxylic acids is 1. The van der Waals surface area contributed by atoms with Crippen molar-refractivity contribution < 1.29 is 14.3 Å². The van der Waals surface area contributed by atoms with Crippen LogP contribution in [-0.4, -0.2) is 32.7 Å². The van der Waals surface area contributed by atoms with E-state index in [2.05, 4.69) is 10.6 Å². The number of hydrogen-bond acceptors (Lipinski definition) is 4. The summed E-state index contributed by atoms with van der Waals surface area (Å²) in [6, 6.07) is 6.31. The van der Waals surface area contributed by atoms with Crippen LogP contribution in [0.4, 0.5) is 0 Å². The first kappa shape index (κ1) is 13.7. The molecule has 0 heterocycles. The SMILES string of the molecule is CNC(=O)COc1cc(OC)ccc1CNC1CC1. The Morgan fingerprint density at radius 2 is 2.21 bits per heavy atom. The van der Waals surface area contributed by atoms with Gasteiger partial charge in [0.2, 0.25) is 0 Å². The summed E-state index contributed by atoms with van der Waals surface area (Å²) in [6.07, 6.45) is 2.48. The second kappa shape index (κ2) is 6.43. The third kappa shape index (κ3) is 4.13. The van der Waals surface area contributed by atoms with Gasteiger partial charge in [0.1, 0.15) is 11.5 Å². The Labute approximate surface area is 113 Å². The lowest BCUT2D eigenvalue weighted by Crippen LogP contribution is -2.25. The molecule has 0 atom stereocenters. The van der Waals surface area contributed by atoms with E-state index < -0.39 is 0 Å². The molecular formula is C14H20N2O3. The van der Waals surface area contributed by atoms with Crippen LogP contribution in [0.3, 0.4) is 0 Å². The first-order valence-electron chi connectivity index (χ1n) is 6.46. The lowest BCUT2D eigenvalue weighted by molar-refractivity contribution is -0.122. The molecule has 1 aromatic carbocycles. The van der Waals surface area contributed by atoms with E-state index in [9.17, 15) is 4.79 Å². The van der Waals surface area contributed by atoms with Crippen molar-refractivity contribution in [2.75, 3.05) is 20.8 Å². The van der Waals surface area contributed by atoms with E-state index in [4.69, 9.17) is 9.47 Å². The number of likely N-dealkylation sites (N-methyl/N-ethyl adjacent to an activating group) is 1. The lowest BCUT2D eigenvalue weighted by atomic mass is 10.2. The Kier molecular flexibility index (Phi) is 4.63. The highest BCUT2D eigenvalue weighted by molar-refractivity contribution is 5.77. The number of ether oxygens (including phenoxy) is 2. The predicted molar refractivity (Wildman–Crippen MR) is 72.4 cm³/mol. The summed E-state index contributed by atoms with van der Waals surface area (Å²) in [5.74, 6) is 1.27. The molecule has 0 spiro atoms. The van der Waals surface area contributed by atoms with Crippen LogP contribution in [0.25, 0.3) is 0 Å². The van der Waals surface area contributed by atoms with Gasteiger partial charge in [-0.15, -0.1) is 0 Å². The van der Waals surface area contributed by atoms with Crippen molar-refractivity contribution in [3.05, 3.63) is 23.8 Å². The molecule has 0 saturated heterocycles. The first-order chi connectivity index (χ1) is 9.22. The zero-order valence-corrected chi connectivity index (χ0v) is 11.4. The van der Waals surface area contributed by atoms with Crippen LogP contribution in [-0.2, 0) is 11.3 Å². The Morgan fingerprint density at radius 3 is 2.84 bits per heavy atom. The molecule has 1 aromatic rings. The molecule has 5 nitrogen and oxygen atoms in total. The summed E-state index contributed by atoms with van der Waals surface area (Å²) in [4.78, 5) is 11.2. The summed E-state index contributed by atoms with van der Waals surface area (Å²) in [5.41, 5.74) is 1.04. The molecule has 1 aliphatic rings. The van der Waals surface area contributed by atoms with E-state index in [1.165, 1.54) is 12.8 Å². The average molecular weight is 264 g/mol. The van der Waals surface area contributed by atoms with Crippen molar-refractivity contribution in [3.63, 3.8) is 0 Å². The van der Waals surface area contributed by atoms with Gasteiger partial charge in [0.15, 0.2) is 6.61 Å². The highest BCUT2D eigenvalue weighted by atomic mass is 16.5. The molecule has 2 rings (SSSR count). The number of hydrogen-bond donors (Lipinski definition) is 2. The van der Waals surface area contributed by atoms with Gasteiger partial charge in [-0.2, -0.15) is 0 Å². The molecule has 2 N–H and O–H groups in total. The molecule has 0 unspecified atom stereocenters. The summed E-state index contributed by atoms with van der Waals surface area (Å²) in [6.45, 7) is 0.762. The molecule has 1 amide bonds. The predicted octanol–water partition coefficient (Wildman–Crippen LogP) is 1.07. The number of rotatable bonds is 7. The minimum absolute atomic E-state index is 0.0140. The van der Waals surface area contributed by atoms with Gasteiger partial charge in [-0.05, 0) is 18.9 Å². The molecule has 1 fully saturated rings. The Morgan fingerprint density at radius 1 is 1.42 bits per heavy atom. The Bertz CT molecular complexity index is 444. The van der Waals surface area contributed by atoms with Gasteiger partial charge in [-0.25, -0.2) is 0 Å². The van der Waals surface area contributed by atoms with Gasteiger partial charge in [-0.1, -0.05) is 6.07 Å². The monoisotopic (exact) mass is 264 g/mol. The summed E-state index contributed by atoms with van der Waals surface area (Å²) in [7, 11) is 3.20. The van der Waals surface area contributed by atoms with Crippen LogP contribution in [0.5, 0.6) is 11.5 Å². The minimum Gasteiger partial charge on any atom is -0.497 e. The molecular weight excluding hydrogens is 244 g/mol. The normalized spacial score (nSPS) is 14.0. The smallest absolute Gasteiger partial charge is 0.257 e. The van der Waals surface area contributed by atoms with Crippen molar-refractivity contribution in [2.45, 2.75) is 25.4 Å². The quantitative estimate of drug-likeness (QED) is 0.773. The zero-order chi connectivity index (χ0) is 13.7. The van der Waals surface area contributed by atoms with Crippen molar-refractivity contribution in [3.8, 4) is 11.5 Å². The molecule has 1 aliphatic carbocycles. The molecule has 5 heteroatoms. The van der Waals surface area contributed by atoms with Crippen molar-refractivity contribution >= 4 is 5.91 Å². The number of carbonyl (C=O) groups is 1. The summed E-state index contributed by atoms with van der Waals surface area (Å²) in [5, 5.41) is 5.96. The van der Waals surface area contributed by atoms with Crippen LogP contribution in [0.15, 0.2) is 18.2 Å².